The average molecular weight is 399 g/mol. The van der Waals surface area contributed by atoms with Gasteiger partial charge in [-0.3, -0.25) is 10.1 Å². The summed E-state index contributed by atoms with van der Waals surface area (Å²) in [4.78, 5) is 34.3. The highest BCUT2D eigenvalue weighted by Gasteiger charge is 2.18. The summed E-state index contributed by atoms with van der Waals surface area (Å²) in [5.41, 5.74) is 1.40. The predicted octanol–water partition coefficient (Wildman–Crippen LogP) is 3.92. The Hall–Kier alpha value is -3.81. The zero-order valence-corrected chi connectivity index (χ0v) is 15.9. The number of benzene rings is 2. The van der Waals surface area contributed by atoms with Gasteiger partial charge >= 0.3 is 12.1 Å². The minimum atomic E-state index is -1.13. The topological polar surface area (TPSA) is 122 Å². The molecule has 0 aliphatic carbocycles. The van der Waals surface area contributed by atoms with Crippen LogP contribution >= 0.6 is 0 Å². The predicted molar refractivity (Wildman–Crippen MR) is 105 cm³/mol. The molecule has 2 rings (SSSR count). The number of nitrogens with one attached hydrogen (secondary N) is 1. The van der Waals surface area contributed by atoms with Crippen molar-refractivity contribution in [1.82, 2.24) is 0 Å². The molecule has 0 fully saturated rings. The molecule has 8 heteroatoms. The molecule has 0 bridgehead atoms. The molecule has 1 atom stereocenters. The second-order valence-electron chi connectivity index (χ2n) is 6.06. The van der Waals surface area contributed by atoms with E-state index in [9.17, 15) is 19.5 Å². The molecule has 3 N–H and O–H groups in total. The fourth-order valence-corrected chi connectivity index (χ4v) is 2.52. The van der Waals surface area contributed by atoms with Crippen molar-refractivity contribution < 1.29 is 34.1 Å². The summed E-state index contributed by atoms with van der Waals surface area (Å²) in [5.74, 6) is -1.11. The lowest BCUT2D eigenvalue weighted by atomic mass is 10.1. The zero-order chi connectivity index (χ0) is 21.4. The number of rotatable bonds is 8. The largest absolute Gasteiger partial charge is 0.504 e. The van der Waals surface area contributed by atoms with Crippen LogP contribution in [-0.4, -0.2) is 35.2 Å². The van der Waals surface area contributed by atoms with E-state index in [0.29, 0.717) is 16.8 Å². The Bertz CT molecular complexity index is 919. The summed E-state index contributed by atoms with van der Waals surface area (Å²) in [6, 6.07) is 10.8. The van der Waals surface area contributed by atoms with E-state index in [1.807, 2.05) is 0 Å². The third-order valence-electron chi connectivity index (χ3n) is 3.97. The number of phenols is 1. The van der Waals surface area contributed by atoms with Gasteiger partial charge in [0.05, 0.1) is 7.11 Å². The van der Waals surface area contributed by atoms with Crippen LogP contribution in [0.15, 0.2) is 54.6 Å². The van der Waals surface area contributed by atoms with Crippen molar-refractivity contribution >= 4 is 23.5 Å². The maximum atomic E-state index is 12.3. The van der Waals surface area contributed by atoms with Crippen LogP contribution in [0.1, 0.15) is 35.4 Å². The van der Waals surface area contributed by atoms with Gasteiger partial charge in [-0.15, -0.1) is 0 Å². The van der Waals surface area contributed by atoms with Gasteiger partial charge in [0.25, 0.3) is 0 Å². The monoisotopic (exact) mass is 399 g/mol. The Morgan fingerprint density at radius 1 is 1.14 bits per heavy atom. The number of carboxylic acids is 1. The molecule has 29 heavy (non-hydrogen) atoms. The Kier molecular flexibility index (Phi) is 7.36. The second kappa shape index (κ2) is 9.93. The molecule has 0 spiro atoms. The molecule has 0 aliphatic rings. The molecular formula is C21H21NO7. The van der Waals surface area contributed by atoms with Crippen LogP contribution in [-0.2, 0) is 9.53 Å². The molecule has 0 heterocycles. The van der Waals surface area contributed by atoms with E-state index in [1.165, 1.54) is 32.2 Å². The second-order valence-corrected chi connectivity index (χ2v) is 6.06. The van der Waals surface area contributed by atoms with E-state index in [1.54, 1.807) is 30.3 Å². The fourth-order valence-electron chi connectivity index (χ4n) is 2.52. The highest BCUT2D eigenvalue weighted by atomic mass is 16.6. The van der Waals surface area contributed by atoms with Gasteiger partial charge in [0, 0.05) is 23.7 Å². The third kappa shape index (κ3) is 6.39. The van der Waals surface area contributed by atoms with Gasteiger partial charge in [-0.05, 0) is 48.9 Å². The number of carbonyl (C=O) groups is 3. The number of phenolic OH excluding ortho intramolecular Hbond substituents is 1. The molecular weight excluding hydrogens is 378 g/mol. The van der Waals surface area contributed by atoms with Gasteiger partial charge in [0.15, 0.2) is 17.3 Å². The van der Waals surface area contributed by atoms with Gasteiger partial charge in [0.2, 0.25) is 0 Å². The lowest BCUT2D eigenvalue weighted by molar-refractivity contribution is -0.131. The first kappa shape index (κ1) is 21.5. The standard InChI is InChI=1S/C21H21NO7/c1-13(23)14-6-9-16(10-7-14)22-21(27)29-18(4-3-5-20(25)26)15-8-11-19(28-2)17(24)12-15/h3,5-12,18,24H,4H2,1-2H3,(H,22,27)(H,25,26)/b5-3+/t18-/m0/s1. The van der Waals surface area contributed by atoms with Gasteiger partial charge in [-0.1, -0.05) is 12.1 Å². The number of Topliss-reactive ketones (excluding diaryl/α,β-unsaturated/α-hetero) is 1. The van der Waals surface area contributed by atoms with E-state index in [-0.39, 0.29) is 23.7 Å². The molecule has 0 radical (unpaired) electrons. The van der Waals surface area contributed by atoms with Gasteiger partial charge < -0.3 is 19.7 Å². The highest BCUT2D eigenvalue weighted by molar-refractivity contribution is 5.95. The van der Waals surface area contributed by atoms with E-state index >= 15 is 0 Å². The van der Waals surface area contributed by atoms with Crippen LogP contribution in [0.4, 0.5) is 10.5 Å². The van der Waals surface area contributed by atoms with Crippen LogP contribution in [0.3, 0.4) is 0 Å². The Balaban J connectivity index is 2.15. The minimum Gasteiger partial charge on any atom is -0.504 e. The number of ketones is 1. The van der Waals surface area contributed by atoms with Crippen LogP contribution < -0.4 is 10.1 Å². The quantitative estimate of drug-likeness (QED) is 0.454. The summed E-state index contributed by atoms with van der Waals surface area (Å²) in [6.45, 7) is 1.44. The lowest BCUT2D eigenvalue weighted by Crippen LogP contribution is -2.17. The number of hydrogen-bond donors (Lipinski definition) is 3. The molecule has 2 aromatic carbocycles. The number of amides is 1. The summed E-state index contributed by atoms with van der Waals surface area (Å²) >= 11 is 0. The first-order valence-electron chi connectivity index (χ1n) is 8.65. The summed E-state index contributed by atoms with van der Waals surface area (Å²) in [5, 5.41) is 21.3. The normalized spacial score (nSPS) is 11.7. The van der Waals surface area contributed by atoms with Crippen molar-refractivity contribution in [3.05, 3.63) is 65.7 Å². The zero-order valence-electron chi connectivity index (χ0n) is 15.9. The molecule has 8 nitrogen and oxygen atoms in total. The number of methoxy groups -OCH3 is 1. The van der Waals surface area contributed by atoms with Crippen LogP contribution in [0.2, 0.25) is 0 Å². The van der Waals surface area contributed by atoms with Crippen molar-refractivity contribution in [1.29, 1.82) is 0 Å². The van der Waals surface area contributed by atoms with E-state index < -0.39 is 18.2 Å². The molecule has 1 amide bonds. The van der Waals surface area contributed by atoms with Crippen LogP contribution in [0.5, 0.6) is 11.5 Å². The first-order valence-corrected chi connectivity index (χ1v) is 8.65. The van der Waals surface area contributed by atoms with Crippen LogP contribution in [0, 0.1) is 0 Å². The lowest BCUT2D eigenvalue weighted by Gasteiger charge is -2.18. The van der Waals surface area contributed by atoms with Crippen molar-refractivity contribution in [2.45, 2.75) is 19.4 Å². The van der Waals surface area contributed by atoms with Crippen molar-refractivity contribution in [2.24, 2.45) is 0 Å². The third-order valence-corrected chi connectivity index (χ3v) is 3.97. The number of carbonyl (C=O) groups excluding carboxylic acids is 2. The average Bonchev–Trinajstić information content (AvgIpc) is 2.67. The van der Waals surface area contributed by atoms with Gasteiger partial charge in [-0.2, -0.15) is 0 Å². The maximum Gasteiger partial charge on any atom is 0.412 e. The minimum absolute atomic E-state index is 0.0781. The number of ether oxygens (including phenoxy) is 2. The summed E-state index contributed by atoms with van der Waals surface area (Å²) < 4.78 is 10.4. The number of aliphatic carboxylic acids is 1. The summed E-state index contributed by atoms with van der Waals surface area (Å²) in [6.07, 6.45) is 0.749. The van der Waals surface area contributed by atoms with Crippen molar-refractivity contribution in [2.75, 3.05) is 12.4 Å². The molecule has 2 aromatic rings. The molecule has 0 unspecified atom stereocenters. The Labute approximate surface area is 167 Å². The fraction of sp³-hybridized carbons (Fsp3) is 0.190. The smallest absolute Gasteiger partial charge is 0.412 e. The van der Waals surface area contributed by atoms with Gasteiger partial charge in [0.1, 0.15) is 6.10 Å². The SMILES string of the molecule is COc1ccc([C@H](C/C=C/C(=O)O)OC(=O)Nc2ccc(C(C)=O)cc2)cc1O. The Morgan fingerprint density at radius 3 is 2.38 bits per heavy atom. The van der Waals surface area contributed by atoms with E-state index in [2.05, 4.69) is 5.32 Å². The molecule has 152 valence electrons. The first-order chi connectivity index (χ1) is 13.8. The van der Waals surface area contributed by atoms with Crippen LogP contribution in [0.25, 0.3) is 0 Å². The maximum absolute atomic E-state index is 12.3. The number of carboxylic acid groups (broad SMARTS) is 1. The molecule has 0 aromatic heterocycles. The van der Waals surface area contributed by atoms with E-state index in [4.69, 9.17) is 14.6 Å². The molecule has 0 aliphatic heterocycles. The van der Waals surface area contributed by atoms with Crippen molar-refractivity contribution in [3.63, 3.8) is 0 Å². The van der Waals surface area contributed by atoms with Gasteiger partial charge in [-0.25, -0.2) is 9.59 Å². The highest BCUT2D eigenvalue weighted by Crippen LogP contribution is 2.32. The van der Waals surface area contributed by atoms with Crippen molar-refractivity contribution in [3.8, 4) is 11.5 Å². The number of anilines is 1. The Morgan fingerprint density at radius 2 is 1.83 bits per heavy atom. The van der Waals surface area contributed by atoms with E-state index in [0.717, 1.165) is 6.08 Å². The summed E-state index contributed by atoms with van der Waals surface area (Å²) in [7, 11) is 1.41. The molecule has 0 saturated carbocycles. The number of hydrogen-bond acceptors (Lipinski definition) is 6. The number of aromatic hydroxyl groups is 1. The molecule has 0 saturated heterocycles.